The number of hydrogen-bond acceptors (Lipinski definition) is 2. The minimum Gasteiger partial charge on any atom is -0.309 e. The van der Waals surface area contributed by atoms with Crippen molar-refractivity contribution < 1.29 is 0 Å². The van der Waals surface area contributed by atoms with Gasteiger partial charge in [-0.2, -0.15) is 0 Å². The first-order valence-corrected chi connectivity index (χ1v) is 19.1. The molecular weight excluding hydrogens is 661 g/mol. The van der Waals surface area contributed by atoms with Crippen molar-refractivity contribution in [2.24, 2.45) is 0 Å². The fraction of sp³-hybridized carbons (Fsp3) is 0.0600. The number of hydrogen-bond donors (Lipinski definition) is 0. The van der Waals surface area contributed by atoms with Gasteiger partial charge in [-0.15, -0.1) is 11.3 Å². The van der Waals surface area contributed by atoms with Gasteiger partial charge in [-0.1, -0.05) is 147 Å². The molecule has 1 aliphatic rings. The van der Waals surface area contributed by atoms with Crippen LogP contribution < -0.4 is 0 Å². The maximum Gasteiger partial charge on any atom is 0.0715 e. The zero-order valence-electron chi connectivity index (χ0n) is 29.5. The first-order chi connectivity index (χ1) is 26.1. The van der Waals surface area contributed by atoms with E-state index in [9.17, 15) is 0 Å². The second-order valence-corrected chi connectivity index (χ2v) is 15.8. The van der Waals surface area contributed by atoms with E-state index in [0.29, 0.717) is 0 Å². The zero-order valence-corrected chi connectivity index (χ0v) is 30.3. The third-order valence-electron chi connectivity index (χ3n) is 11.4. The van der Waals surface area contributed by atoms with Gasteiger partial charge in [0.2, 0.25) is 0 Å². The average molecular weight is 695 g/mol. The fourth-order valence-corrected chi connectivity index (χ4v) is 10.2. The average Bonchev–Trinajstić information content (AvgIpc) is 3.84. The largest absolute Gasteiger partial charge is 0.309 e. The maximum atomic E-state index is 5.13. The molecule has 3 heterocycles. The van der Waals surface area contributed by atoms with E-state index in [1.54, 1.807) is 0 Å². The van der Waals surface area contributed by atoms with Crippen molar-refractivity contribution in [3.05, 3.63) is 181 Å². The predicted octanol–water partition coefficient (Wildman–Crippen LogP) is 13.9. The second-order valence-electron chi connectivity index (χ2n) is 14.7. The topological polar surface area (TPSA) is 17.8 Å². The third kappa shape index (κ3) is 4.41. The Balaban J connectivity index is 1.18. The molecule has 7 aromatic carbocycles. The predicted molar refractivity (Wildman–Crippen MR) is 225 cm³/mol. The van der Waals surface area contributed by atoms with Crippen molar-refractivity contribution >= 4 is 53.3 Å². The molecule has 0 unspecified atom stereocenters. The van der Waals surface area contributed by atoms with Crippen molar-refractivity contribution in [2.75, 3.05) is 0 Å². The number of rotatable bonds is 4. The maximum absolute atomic E-state index is 5.13. The summed E-state index contributed by atoms with van der Waals surface area (Å²) in [4.78, 5) is 5.13. The molecule has 10 aromatic rings. The summed E-state index contributed by atoms with van der Waals surface area (Å²) in [6.07, 6.45) is 0. The molecule has 0 fully saturated rings. The highest BCUT2D eigenvalue weighted by Gasteiger charge is 2.41. The third-order valence-corrected chi connectivity index (χ3v) is 12.5. The molecule has 0 aliphatic heterocycles. The van der Waals surface area contributed by atoms with E-state index in [1.165, 1.54) is 64.2 Å². The Labute approximate surface area is 312 Å². The monoisotopic (exact) mass is 694 g/mol. The Hall–Kier alpha value is -6.29. The number of para-hydroxylation sites is 1. The van der Waals surface area contributed by atoms with E-state index in [4.69, 9.17) is 4.98 Å². The number of pyridine rings is 1. The number of aromatic nitrogens is 2. The summed E-state index contributed by atoms with van der Waals surface area (Å²) in [5.74, 6) is 0. The van der Waals surface area contributed by atoms with Crippen molar-refractivity contribution in [3.63, 3.8) is 0 Å². The molecule has 3 aromatic heterocycles. The van der Waals surface area contributed by atoms with Crippen LogP contribution in [0.5, 0.6) is 0 Å². The molecule has 0 N–H and O–H groups in total. The van der Waals surface area contributed by atoms with E-state index >= 15 is 0 Å². The Morgan fingerprint density at radius 2 is 1.13 bits per heavy atom. The van der Waals surface area contributed by atoms with Crippen molar-refractivity contribution in [1.82, 2.24) is 9.55 Å². The number of thiophene rings is 1. The van der Waals surface area contributed by atoms with Gasteiger partial charge in [0, 0.05) is 58.7 Å². The molecule has 53 heavy (non-hydrogen) atoms. The van der Waals surface area contributed by atoms with Crippen LogP contribution in [0.4, 0.5) is 0 Å². The molecule has 0 saturated heterocycles. The lowest BCUT2D eigenvalue weighted by molar-refractivity contribution is 0.664. The first kappa shape index (κ1) is 30.3. The number of nitrogens with zero attached hydrogens (tertiary/aromatic N) is 2. The zero-order chi connectivity index (χ0) is 35.3. The highest BCUT2D eigenvalue weighted by Crippen LogP contribution is 2.58. The molecule has 250 valence electrons. The molecule has 0 radical (unpaired) electrons. The normalized spacial score (nSPS) is 13.2. The minimum atomic E-state index is -0.181. The summed E-state index contributed by atoms with van der Waals surface area (Å²) in [5, 5.41) is 5.36. The van der Waals surface area contributed by atoms with Gasteiger partial charge < -0.3 is 4.57 Å². The van der Waals surface area contributed by atoms with E-state index in [2.05, 4.69) is 188 Å². The molecule has 0 spiro atoms. The molecule has 3 heteroatoms. The van der Waals surface area contributed by atoms with Crippen molar-refractivity contribution in [2.45, 2.75) is 19.3 Å². The van der Waals surface area contributed by atoms with Gasteiger partial charge in [-0.05, 0) is 64.2 Å². The number of benzene rings is 7. The Kier molecular flexibility index (Phi) is 6.50. The highest BCUT2D eigenvalue weighted by atomic mass is 32.1. The van der Waals surface area contributed by atoms with Gasteiger partial charge in [0.1, 0.15) is 0 Å². The summed E-state index contributed by atoms with van der Waals surface area (Å²) >= 11 is 1.94. The summed E-state index contributed by atoms with van der Waals surface area (Å²) < 4.78 is 5.28. The van der Waals surface area contributed by atoms with Crippen LogP contribution in [0.1, 0.15) is 25.0 Å². The molecule has 2 nitrogen and oxygen atoms in total. The lowest BCUT2D eigenvalue weighted by Gasteiger charge is -2.24. The smallest absolute Gasteiger partial charge is 0.0715 e. The molecule has 1 aliphatic carbocycles. The van der Waals surface area contributed by atoms with Crippen LogP contribution in [0, 0.1) is 0 Å². The summed E-state index contributed by atoms with van der Waals surface area (Å²) in [6, 6.07) is 61.6. The van der Waals surface area contributed by atoms with Gasteiger partial charge in [-0.25, -0.2) is 4.98 Å². The standard InChI is InChI=1S/C50H34N2S/c1-50(2)39-22-12-9-19-36(39)46-47(50)48-44(45-38-21-11-14-24-43(38)53-49(45)46)37-20-10-13-23-42(37)52(48)35-27-25-31(26-28-35)34-29-40(32-15-5-3-6-16-32)51-41(30-34)33-17-7-4-8-18-33/h3-30H,1-2H3. The van der Waals surface area contributed by atoms with Crippen molar-refractivity contribution in [1.29, 1.82) is 0 Å². The van der Waals surface area contributed by atoms with Gasteiger partial charge in [-0.3, -0.25) is 0 Å². The van der Waals surface area contributed by atoms with E-state index in [1.807, 2.05) is 11.3 Å². The van der Waals surface area contributed by atoms with Crippen LogP contribution >= 0.6 is 11.3 Å². The lowest BCUT2D eigenvalue weighted by Crippen LogP contribution is -2.16. The quantitative estimate of drug-likeness (QED) is 0.179. The minimum absolute atomic E-state index is 0.181. The summed E-state index contributed by atoms with van der Waals surface area (Å²) in [6.45, 7) is 4.83. The van der Waals surface area contributed by atoms with Crippen LogP contribution in [0.25, 0.3) is 92.4 Å². The van der Waals surface area contributed by atoms with Crippen LogP contribution in [-0.2, 0) is 5.41 Å². The highest BCUT2D eigenvalue weighted by molar-refractivity contribution is 7.26. The van der Waals surface area contributed by atoms with Crippen LogP contribution in [-0.4, -0.2) is 9.55 Å². The van der Waals surface area contributed by atoms with Crippen LogP contribution in [0.15, 0.2) is 170 Å². The molecule has 0 amide bonds. The van der Waals surface area contributed by atoms with E-state index < -0.39 is 0 Å². The van der Waals surface area contributed by atoms with Gasteiger partial charge in [0.15, 0.2) is 0 Å². The molecular formula is C50H34N2S. The molecule has 11 rings (SSSR count). The van der Waals surface area contributed by atoms with Gasteiger partial charge in [0.25, 0.3) is 0 Å². The lowest BCUT2D eigenvalue weighted by atomic mass is 9.81. The molecule has 0 atom stereocenters. The Bertz CT molecular complexity index is 3000. The molecule has 0 bridgehead atoms. The second kappa shape index (κ2) is 11.4. The van der Waals surface area contributed by atoms with Gasteiger partial charge >= 0.3 is 0 Å². The molecule has 0 saturated carbocycles. The van der Waals surface area contributed by atoms with E-state index in [0.717, 1.165) is 39.3 Å². The van der Waals surface area contributed by atoms with Crippen molar-refractivity contribution in [3.8, 4) is 50.5 Å². The fourth-order valence-electron chi connectivity index (χ4n) is 8.96. The number of fused-ring (bicyclic) bond motifs is 12. The Morgan fingerprint density at radius 3 is 1.85 bits per heavy atom. The summed E-state index contributed by atoms with van der Waals surface area (Å²) in [5.41, 5.74) is 15.6. The first-order valence-electron chi connectivity index (χ1n) is 18.3. The van der Waals surface area contributed by atoms with Crippen LogP contribution in [0.2, 0.25) is 0 Å². The van der Waals surface area contributed by atoms with Crippen LogP contribution in [0.3, 0.4) is 0 Å². The summed E-state index contributed by atoms with van der Waals surface area (Å²) in [7, 11) is 0. The SMILES string of the molecule is CC1(C)c2ccccc2-c2c1c1c(c3ccccc3n1-c1ccc(-c3cc(-c4ccccc4)nc(-c4ccccc4)c3)cc1)c1c2sc2ccccc21. The Morgan fingerprint density at radius 1 is 0.528 bits per heavy atom. The van der Waals surface area contributed by atoms with Gasteiger partial charge in [0.05, 0.1) is 22.4 Å². The van der Waals surface area contributed by atoms with E-state index in [-0.39, 0.29) is 5.41 Å².